The van der Waals surface area contributed by atoms with E-state index in [2.05, 4.69) is 15.5 Å². The molecule has 0 aliphatic rings. The third kappa shape index (κ3) is 4.77. The Morgan fingerprint density at radius 1 is 1.09 bits per heavy atom. The number of carbonyl (C=O) groups excluding carboxylic acids is 1. The lowest BCUT2D eigenvalue weighted by atomic mass is 10.1. The van der Waals surface area contributed by atoms with E-state index in [-0.39, 0.29) is 18.0 Å². The van der Waals surface area contributed by atoms with Gasteiger partial charge in [0.05, 0.1) is 19.9 Å². The van der Waals surface area contributed by atoms with Gasteiger partial charge in [0.25, 0.3) is 11.4 Å². The number of hydrogen-bond donors (Lipinski definition) is 1. The highest BCUT2D eigenvalue weighted by molar-refractivity contribution is 5.92. The molecule has 1 amide bonds. The number of hydrogen-bond acceptors (Lipinski definition) is 7. The van der Waals surface area contributed by atoms with Crippen LogP contribution in [0.25, 0.3) is 22.8 Å². The van der Waals surface area contributed by atoms with E-state index >= 15 is 0 Å². The van der Waals surface area contributed by atoms with Gasteiger partial charge in [0.2, 0.25) is 11.7 Å². The zero-order chi connectivity index (χ0) is 23.4. The number of carbonyl (C=O) groups is 1. The summed E-state index contributed by atoms with van der Waals surface area (Å²) in [6.07, 6.45) is 1.52. The maximum Gasteiger partial charge on any atom is 0.263 e. The van der Waals surface area contributed by atoms with Crippen molar-refractivity contribution in [2.45, 2.75) is 13.5 Å². The summed E-state index contributed by atoms with van der Waals surface area (Å²) in [5.74, 6) is 1.10. The van der Waals surface area contributed by atoms with Crippen molar-refractivity contribution in [3.63, 3.8) is 0 Å². The van der Waals surface area contributed by atoms with Crippen molar-refractivity contribution in [1.82, 2.24) is 14.7 Å². The SMILES string of the molecule is COc1ccc(NC(=O)Cn2cccc(-c3nc(-c4ccc(C)cc4)no3)c2=O)c(OC)c1. The van der Waals surface area contributed by atoms with E-state index < -0.39 is 11.5 Å². The number of aryl methyl sites for hydroxylation is 1. The second-order valence-electron chi connectivity index (χ2n) is 7.26. The second kappa shape index (κ2) is 9.39. The Hall–Kier alpha value is -4.40. The molecule has 2 heterocycles. The van der Waals surface area contributed by atoms with Gasteiger partial charge >= 0.3 is 0 Å². The summed E-state index contributed by atoms with van der Waals surface area (Å²) < 4.78 is 17.0. The van der Waals surface area contributed by atoms with Crippen molar-refractivity contribution in [3.8, 4) is 34.3 Å². The first-order valence-corrected chi connectivity index (χ1v) is 10.1. The topological polar surface area (TPSA) is 108 Å². The van der Waals surface area contributed by atoms with Crippen LogP contribution in [0, 0.1) is 6.92 Å². The van der Waals surface area contributed by atoms with Crippen LogP contribution in [0.5, 0.6) is 11.5 Å². The van der Waals surface area contributed by atoms with E-state index in [0.29, 0.717) is 23.0 Å². The minimum absolute atomic E-state index is 0.0853. The van der Waals surface area contributed by atoms with Gasteiger partial charge < -0.3 is 23.9 Å². The van der Waals surface area contributed by atoms with Crippen molar-refractivity contribution < 1.29 is 18.8 Å². The molecule has 2 aromatic heterocycles. The number of benzene rings is 2. The lowest BCUT2D eigenvalue weighted by Crippen LogP contribution is -2.28. The molecular weight excluding hydrogens is 424 g/mol. The number of aromatic nitrogens is 3. The molecule has 0 radical (unpaired) electrons. The lowest BCUT2D eigenvalue weighted by molar-refractivity contribution is -0.116. The summed E-state index contributed by atoms with van der Waals surface area (Å²) in [6, 6.07) is 15.9. The van der Waals surface area contributed by atoms with Gasteiger partial charge in [-0.1, -0.05) is 35.0 Å². The third-order valence-electron chi connectivity index (χ3n) is 4.98. The zero-order valence-electron chi connectivity index (χ0n) is 18.4. The molecule has 2 aromatic carbocycles. The first-order chi connectivity index (χ1) is 16.0. The summed E-state index contributed by atoms with van der Waals surface area (Å²) in [6.45, 7) is 1.78. The molecule has 0 saturated carbocycles. The van der Waals surface area contributed by atoms with Gasteiger partial charge in [-0.15, -0.1) is 0 Å². The maximum atomic E-state index is 13.0. The predicted octanol–water partition coefficient (Wildman–Crippen LogP) is 3.53. The maximum absolute atomic E-state index is 13.0. The van der Waals surface area contributed by atoms with Gasteiger partial charge in [-0.05, 0) is 31.2 Å². The van der Waals surface area contributed by atoms with Crippen molar-refractivity contribution in [1.29, 1.82) is 0 Å². The van der Waals surface area contributed by atoms with E-state index in [9.17, 15) is 9.59 Å². The number of pyridine rings is 1. The minimum Gasteiger partial charge on any atom is -0.497 e. The van der Waals surface area contributed by atoms with Crippen LogP contribution in [0.1, 0.15) is 5.56 Å². The normalized spacial score (nSPS) is 10.6. The first kappa shape index (κ1) is 21.8. The summed E-state index contributed by atoms with van der Waals surface area (Å²) in [5.41, 5.74) is 2.14. The summed E-state index contributed by atoms with van der Waals surface area (Å²) >= 11 is 0. The molecule has 168 valence electrons. The summed E-state index contributed by atoms with van der Waals surface area (Å²) in [5, 5.41) is 6.72. The second-order valence-corrected chi connectivity index (χ2v) is 7.26. The number of nitrogens with zero attached hydrogens (tertiary/aromatic N) is 3. The average Bonchev–Trinajstić information content (AvgIpc) is 3.31. The molecule has 0 atom stereocenters. The highest BCUT2D eigenvalue weighted by Gasteiger charge is 2.16. The minimum atomic E-state index is -0.423. The predicted molar refractivity (Wildman–Crippen MR) is 122 cm³/mol. The quantitative estimate of drug-likeness (QED) is 0.463. The molecule has 9 heteroatoms. The highest BCUT2D eigenvalue weighted by atomic mass is 16.5. The van der Waals surface area contributed by atoms with Gasteiger partial charge in [-0.3, -0.25) is 9.59 Å². The molecule has 4 aromatic rings. The Morgan fingerprint density at radius 2 is 1.88 bits per heavy atom. The summed E-state index contributed by atoms with van der Waals surface area (Å²) in [4.78, 5) is 29.9. The molecule has 0 bridgehead atoms. The lowest BCUT2D eigenvalue weighted by Gasteiger charge is -2.12. The monoisotopic (exact) mass is 446 g/mol. The Bertz CT molecular complexity index is 1340. The molecule has 0 aliphatic carbocycles. The number of methoxy groups -OCH3 is 2. The third-order valence-corrected chi connectivity index (χ3v) is 4.98. The molecule has 1 N–H and O–H groups in total. The fourth-order valence-corrected chi connectivity index (χ4v) is 3.22. The van der Waals surface area contributed by atoms with E-state index in [1.165, 1.54) is 17.9 Å². The van der Waals surface area contributed by atoms with Crippen LogP contribution in [-0.4, -0.2) is 34.8 Å². The van der Waals surface area contributed by atoms with Crippen LogP contribution in [0.2, 0.25) is 0 Å². The van der Waals surface area contributed by atoms with E-state index in [4.69, 9.17) is 14.0 Å². The van der Waals surface area contributed by atoms with E-state index in [1.54, 1.807) is 37.4 Å². The van der Waals surface area contributed by atoms with E-state index in [0.717, 1.165) is 11.1 Å². The van der Waals surface area contributed by atoms with Crippen molar-refractivity contribution in [2.75, 3.05) is 19.5 Å². The van der Waals surface area contributed by atoms with E-state index in [1.807, 2.05) is 31.2 Å². The Kier molecular flexibility index (Phi) is 6.21. The zero-order valence-corrected chi connectivity index (χ0v) is 18.4. The number of nitrogens with one attached hydrogen (secondary N) is 1. The van der Waals surface area contributed by atoms with Crippen LogP contribution in [-0.2, 0) is 11.3 Å². The van der Waals surface area contributed by atoms with Crippen LogP contribution in [0.4, 0.5) is 5.69 Å². The highest BCUT2D eigenvalue weighted by Crippen LogP contribution is 2.29. The molecule has 0 spiro atoms. The molecule has 4 rings (SSSR count). The molecular formula is C24H22N4O5. The smallest absolute Gasteiger partial charge is 0.263 e. The summed E-state index contributed by atoms with van der Waals surface area (Å²) in [7, 11) is 3.03. The largest absolute Gasteiger partial charge is 0.497 e. The number of anilines is 1. The number of rotatable bonds is 7. The van der Waals surface area contributed by atoms with Crippen LogP contribution in [0.15, 0.2) is 70.1 Å². The fourth-order valence-electron chi connectivity index (χ4n) is 3.22. The van der Waals surface area contributed by atoms with Gasteiger partial charge in [-0.2, -0.15) is 4.98 Å². The number of ether oxygens (including phenoxy) is 2. The molecule has 0 aliphatic heterocycles. The van der Waals surface area contributed by atoms with Crippen molar-refractivity contribution in [3.05, 3.63) is 76.7 Å². The van der Waals surface area contributed by atoms with Crippen molar-refractivity contribution >= 4 is 11.6 Å². The van der Waals surface area contributed by atoms with Crippen LogP contribution < -0.4 is 20.3 Å². The fraction of sp³-hybridized carbons (Fsp3) is 0.167. The molecule has 0 fully saturated rings. The van der Waals surface area contributed by atoms with Crippen LogP contribution in [0.3, 0.4) is 0 Å². The van der Waals surface area contributed by atoms with Crippen LogP contribution >= 0.6 is 0 Å². The molecule has 33 heavy (non-hydrogen) atoms. The van der Waals surface area contributed by atoms with Gasteiger partial charge in [0.15, 0.2) is 0 Å². The molecule has 9 nitrogen and oxygen atoms in total. The molecule has 0 unspecified atom stereocenters. The molecule has 0 saturated heterocycles. The average molecular weight is 446 g/mol. The standard InChI is InChI=1S/C24H22N4O5/c1-15-6-8-16(9-7-15)22-26-23(33-27-22)18-5-4-12-28(24(18)30)14-21(29)25-19-11-10-17(31-2)13-20(19)32-3/h4-13H,14H2,1-3H3,(H,25,29). The van der Waals surface area contributed by atoms with Crippen molar-refractivity contribution in [2.24, 2.45) is 0 Å². The first-order valence-electron chi connectivity index (χ1n) is 10.1. The van der Waals surface area contributed by atoms with Gasteiger partial charge in [-0.25, -0.2) is 0 Å². The number of amides is 1. The van der Waals surface area contributed by atoms with Gasteiger partial charge in [0, 0.05) is 17.8 Å². The Labute approximate surface area is 189 Å². The Balaban J connectivity index is 1.54. The van der Waals surface area contributed by atoms with Gasteiger partial charge in [0.1, 0.15) is 23.6 Å². The Morgan fingerprint density at radius 3 is 2.61 bits per heavy atom.